The molecule has 7 heteroatoms. The summed E-state index contributed by atoms with van der Waals surface area (Å²) < 4.78 is 32.6. The van der Waals surface area contributed by atoms with Gasteiger partial charge in [-0.1, -0.05) is 12.1 Å². The summed E-state index contributed by atoms with van der Waals surface area (Å²) in [7, 11) is -1.75. The van der Waals surface area contributed by atoms with Crippen LogP contribution in [0, 0.1) is 11.3 Å². The molecule has 1 aliphatic heterocycles. The molecule has 0 saturated carbocycles. The standard InChI is InChI=1S/C16H23N3O3S/c1-22-9-8-19-7-3-6-16(12-19)18-23(20,21)13-15-5-2-4-14(10-15)11-17/h2,4-5,10,16,18H,3,6-9,12-13H2,1H3/t16-/m1/s1. The van der Waals surface area contributed by atoms with Crippen LogP contribution in [0.3, 0.4) is 0 Å². The van der Waals surface area contributed by atoms with E-state index in [4.69, 9.17) is 10.00 Å². The molecule has 2 rings (SSSR count). The lowest BCUT2D eigenvalue weighted by atomic mass is 10.1. The van der Waals surface area contributed by atoms with Crippen LogP contribution in [-0.4, -0.2) is 52.7 Å². The SMILES string of the molecule is COCCN1CCC[C@@H](NS(=O)(=O)Cc2cccc(C#N)c2)C1. The number of hydrogen-bond donors (Lipinski definition) is 1. The van der Waals surface area contributed by atoms with Crippen LogP contribution in [0.1, 0.15) is 24.0 Å². The van der Waals surface area contributed by atoms with E-state index < -0.39 is 10.0 Å². The summed E-state index contributed by atoms with van der Waals surface area (Å²) in [5.74, 6) is -0.100. The second kappa shape index (κ2) is 8.41. The first-order valence-electron chi connectivity index (χ1n) is 7.73. The van der Waals surface area contributed by atoms with Crippen LogP contribution in [-0.2, 0) is 20.5 Å². The van der Waals surface area contributed by atoms with Crippen molar-refractivity contribution in [2.24, 2.45) is 0 Å². The van der Waals surface area contributed by atoms with Gasteiger partial charge >= 0.3 is 0 Å². The number of ether oxygens (including phenoxy) is 1. The molecule has 23 heavy (non-hydrogen) atoms. The molecule has 1 heterocycles. The van der Waals surface area contributed by atoms with E-state index in [9.17, 15) is 8.42 Å². The fourth-order valence-corrected chi connectivity index (χ4v) is 4.22. The van der Waals surface area contributed by atoms with Gasteiger partial charge < -0.3 is 4.74 Å². The van der Waals surface area contributed by atoms with Gasteiger partial charge in [0.25, 0.3) is 0 Å². The summed E-state index contributed by atoms with van der Waals surface area (Å²) in [6.45, 7) is 3.16. The van der Waals surface area contributed by atoms with Gasteiger partial charge in [-0.3, -0.25) is 4.90 Å². The van der Waals surface area contributed by atoms with Crippen LogP contribution in [0.2, 0.25) is 0 Å². The highest BCUT2D eigenvalue weighted by molar-refractivity contribution is 7.88. The van der Waals surface area contributed by atoms with Gasteiger partial charge in [0.15, 0.2) is 0 Å². The molecule has 0 spiro atoms. The molecule has 1 aromatic rings. The highest BCUT2D eigenvalue weighted by atomic mass is 32.2. The number of benzene rings is 1. The van der Waals surface area contributed by atoms with Crippen molar-refractivity contribution in [2.45, 2.75) is 24.6 Å². The van der Waals surface area contributed by atoms with E-state index in [1.807, 2.05) is 6.07 Å². The fourth-order valence-electron chi connectivity index (χ4n) is 2.82. The van der Waals surface area contributed by atoms with Crippen molar-refractivity contribution in [1.29, 1.82) is 5.26 Å². The van der Waals surface area contributed by atoms with Gasteiger partial charge in [-0.05, 0) is 37.1 Å². The first-order chi connectivity index (χ1) is 11.0. The molecule has 0 unspecified atom stereocenters. The van der Waals surface area contributed by atoms with Crippen molar-refractivity contribution >= 4 is 10.0 Å². The lowest BCUT2D eigenvalue weighted by Gasteiger charge is -2.32. The lowest BCUT2D eigenvalue weighted by molar-refractivity contribution is 0.126. The molecular formula is C16H23N3O3S. The molecule has 1 N–H and O–H groups in total. The zero-order valence-electron chi connectivity index (χ0n) is 13.4. The molecule has 0 radical (unpaired) electrons. The molecule has 126 valence electrons. The highest BCUT2D eigenvalue weighted by Crippen LogP contribution is 2.13. The number of nitrogens with zero attached hydrogens (tertiary/aromatic N) is 2. The van der Waals surface area contributed by atoms with Crippen LogP contribution in [0.15, 0.2) is 24.3 Å². The van der Waals surface area contributed by atoms with Gasteiger partial charge in [-0.25, -0.2) is 13.1 Å². The first kappa shape index (κ1) is 17.9. The monoisotopic (exact) mass is 337 g/mol. The highest BCUT2D eigenvalue weighted by Gasteiger charge is 2.24. The number of rotatable bonds is 7. The van der Waals surface area contributed by atoms with Gasteiger partial charge in [0.2, 0.25) is 10.0 Å². The van der Waals surface area contributed by atoms with Crippen molar-refractivity contribution in [1.82, 2.24) is 9.62 Å². The van der Waals surface area contributed by atoms with Crippen LogP contribution in [0.25, 0.3) is 0 Å². The van der Waals surface area contributed by atoms with Crippen molar-refractivity contribution in [3.05, 3.63) is 35.4 Å². The Morgan fingerprint density at radius 1 is 1.48 bits per heavy atom. The second-order valence-electron chi connectivity index (χ2n) is 5.82. The molecule has 1 aromatic carbocycles. The Labute approximate surface area is 138 Å². The normalized spacial score (nSPS) is 19.4. The molecule has 0 aliphatic carbocycles. The van der Waals surface area contributed by atoms with E-state index in [1.54, 1.807) is 31.4 Å². The van der Waals surface area contributed by atoms with Gasteiger partial charge in [-0.2, -0.15) is 5.26 Å². The molecule has 1 atom stereocenters. The van der Waals surface area contributed by atoms with E-state index in [0.717, 1.165) is 25.9 Å². The molecule has 0 bridgehead atoms. The maximum absolute atomic E-state index is 12.4. The number of piperidine rings is 1. The van der Waals surface area contributed by atoms with Crippen LogP contribution >= 0.6 is 0 Å². The average molecular weight is 337 g/mol. The van der Waals surface area contributed by atoms with Gasteiger partial charge in [0, 0.05) is 26.2 Å². The lowest BCUT2D eigenvalue weighted by Crippen LogP contribution is -2.48. The van der Waals surface area contributed by atoms with Crippen LogP contribution in [0.4, 0.5) is 0 Å². The minimum absolute atomic E-state index is 0.0650. The largest absolute Gasteiger partial charge is 0.383 e. The van der Waals surface area contributed by atoms with Crippen molar-refractivity contribution in [3.8, 4) is 6.07 Å². The molecule has 0 aromatic heterocycles. The maximum Gasteiger partial charge on any atom is 0.216 e. The molecule has 0 amide bonds. The maximum atomic E-state index is 12.4. The number of likely N-dealkylation sites (tertiary alicyclic amines) is 1. The van der Waals surface area contributed by atoms with Crippen molar-refractivity contribution in [3.63, 3.8) is 0 Å². The summed E-state index contributed by atoms with van der Waals surface area (Å²) >= 11 is 0. The third kappa shape index (κ3) is 5.92. The van der Waals surface area contributed by atoms with E-state index >= 15 is 0 Å². The molecular weight excluding hydrogens is 314 g/mol. The third-order valence-corrected chi connectivity index (χ3v) is 5.28. The Balaban J connectivity index is 1.93. The van der Waals surface area contributed by atoms with Crippen LogP contribution in [0.5, 0.6) is 0 Å². The predicted octanol–water partition coefficient (Wildman–Crippen LogP) is 1.09. The number of methoxy groups -OCH3 is 1. The number of hydrogen-bond acceptors (Lipinski definition) is 5. The topological polar surface area (TPSA) is 82.4 Å². The second-order valence-corrected chi connectivity index (χ2v) is 7.58. The Hall–Kier alpha value is -1.46. The van der Waals surface area contributed by atoms with Gasteiger partial charge in [0.1, 0.15) is 0 Å². The summed E-state index contributed by atoms with van der Waals surface area (Å²) in [6.07, 6.45) is 1.82. The Bertz CT molecular complexity index is 655. The first-order valence-corrected chi connectivity index (χ1v) is 9.38. The Morgan fingerprint density at radius 3 is 3.04 bits per heavy atom. The van der Waals surface area contributed by atoms with E-state index in [1.165, 1.54) is 0 Å². The summed E-state index contributed by atoms with van der Waals surface area (Å²) in [5.41, 5.74) is 1.10. The molecule has 1 saturated heterocycles. The minimum Gasteiger partial charge on any atom is -0.383 e. The summed E-state index contributed by atoms with van der Waals surface area (Å²) in [4.78, 5) is 2.22. The van der Waals surface area contributed by atoms with E-state index in [0.29, 0.717) is 24.3 Å². The average Bonchev–Trinajstić information content (AvgIpc) is 2.52. The van der Waals surface area contributed by atoms with Gasteiger partial charge in [0.05, 0.1) is 24.0 Å². The molecule has 1 aliphatic rings. The Kier molecular flexibility index (Phi) is 6.54. The van der Waals surface area contributed by atoms with Crippen molar-refractivity contribution < 1.29 is 13.2 Å². The predicted molar refractivity (Wildman–Crippen MR) is 88.3 cm³/mol. The summed E-state index contributed by atoms with van der Waals surface area (Å²) in [5, 5.41) is 8.89. The zero-order valence-corrected chi connectivity index (χ0v) is 14.2. The fraction of sp³-hybridized carbons (Fsp3) is 0.562. The van der Waals surface area contributed by atoms with Crippen molar-refractivity contribution in [2.75, 3.05) is 33.4 Å². The van der Waals surface area contributed by atoms with E-state index in [-0.39, 0.29) is 11.8 Å². The smallest absolute Gasteiger partial charge is 0.216 e. The van der Waals surface area contributed by atoms with Crippen LogP contribution < -0.4 is 4.72 Å². The molecule has 6 nitrogen and oxygen atoms in total. The number of nitriles is 1. The third-order valence-electron chi connectivity index (χ3n) is 3.88. The quantitative estimate of drug-likeness (QED) is 0.805. The number of nitrogens with one attached hydrogen (secondary N) is 1. The zero-order chi connectivity index (χ0) is 16.7. The molecule has 1 fully saturated rings. The Morgan fingerprint density at radius 2 is 2.30 bits per heavy atom. The minimum atomic E-state index is -3.42. The number of sulfonamides is 1. The van der Waals surface area contributed by atoms with E-state index in [2.05, 4.69) is 9.62 Å². The van der Waals surface area contributed by atoms with Gasteiger partial charge in [-0.15, -0.1) is 0 Å². The summed E-state index contributed by atoms with van der Waals surface area (Å²) in [6, 6.07) is 8.68.